The normalized spacial score (nSPS) is 10.9. The molecule has 0 heterocycles. The third-order valence-corrected chi connectivity index (χ3v) is 3.62. The lowest BCUT2D eigenvalue weighted by Gasteiger charge is -2.20. The van der Waals surface area contributed by atoms with Gasteiger partial charge in [0.1, 0.15) is 0 Å². The lowest BCUT2D eigenvalue weighted by atomic mass is 10.1. The van der Waals surface area contributed by atoms with Gasteiger partial charge in [0.25, 0.3) is 0 Å². The summed E-state index contributed by atoms with van der Waals surface area (Å²) in [4.78, 5) is 2.49. The van der Waals surface area contributed by atoms with Crippen molar-refractivity contribution in [3.63, 3.8) is 0 Å². The molecule has 0 saturated heterocycles. The number of nitrogens with zero attached hydrogens (tertiary/aromatic N) is 1. The summed E-state index contributed by atoms with van der Waals surface area (Å²) >= 11 is 0. The second-order valence-electron chi connectivity index (χ2n) is 5.20. The van der Waals surface area contributed by atoms with Crippen molar-refractivity contribution in [1.29, 1.82) is 0 Å². The van der Waals surface area contributed by atoms with Crippen molar-refractivity contribution in [1.82, 2.24) is 4.90 Å². The number of nitrogen functional groups attached to an aromatic ring is 1. The van der Waals surface area contributed by atoms with Crippen molar-refractivity contribution >= 4 is 5.69 Å². The zero-order valence-corrected chi connectivity index (χ0v) is 12.3. The number of aryl methyl sites for hydroxylation is 1. The van der Waals surface area contributed by atoms with Gasteiger partial charge in [-0.25, -0.2) is 0 Å². The van der Waals surface area contributed by atoms with E-state index in [0.717, 1.165) is 31.7 Å². The Morgan fingerprint density at radius 1 is 0.900 bits per heavy atom. The summed E-state index contributed by atoms with van der Waals surface area (Å²) in [5, 5.41) is 0. The fraction of sp³-hybridized carbons (Fsp3) is 0.333. The van der Waals surface area contributed by atoms with E-state index < -0.39 is 0 Å². The second-order valence-corrected chi connectivity index (χ2v) is 5.20. The molecule has 2 heteroatoms. The Hall–Kier alpha value is -1.80. The van der Waals surface area contributed by atoms with Crippen LogP contribution >= 0.6 is 0 Å². The van der Waals surface area contributed by atoms with Crippen LogP contribution in [0.2, 0.25) is 0 Å². The molecular weight excluding hydrogens is 244 g/mol. The maximum Gasteiger partial charge on any atom is 0.0314 e. The van der Waals surface area contributed by atoms with Crippen LogP contribution in [0.3, 0.4) is 0 Å². The molecule has 0 saturated carbocycles. The molecule has 106 valence electrons. The topological polar surface area (TPSA) is 29.3 Å². The highest BCUT2D eigenvalue weighted by Crippen LogP contribution is 2.09. The molecule has 0 aromatic heterocycles. The minimum Gasteiger partial charge on any atom is -0.399 e. The summed E-state index contributed by atoms with van der Waals surface area (Å²) in [6, 6.07) is 18.9. The monoisotopic (exact) mass is 268 g/mol. The third-order valence-electron chi connectivity index (χ3n) is 3.62. The van der Waals surface area contributed by atoms with Crippen molar-refractivity contribution in [2.24, 2.45) is 0 Å². The maximum absolute atomic E-state index is 5.70. The molecule has 0 radical (unpaired) electrons. The first-order valence-corrected chi connectivity index (χ1v) is 7.38. The van der Waals surface area contributed by atoms with Gasteiger partial charge in [-0.1, -0.05) is 49.4 Å². The number of anilines is 1. The predicted octanol–water partition coefficient (Wildman–Crippen LogP) is 3.72. The number of nitrogens with two attached hydrogens (primary N) is 1. The van der Waals surface area contributed by atoms with E-state index in [9.17, 15) is 0 Å². The van der Waals surface area contributed by atoms with Gasteiger partial charge in [0.05, 0.1) is 0 Å². The van der Waals surface area contributed by atoms with Gasteiger partial charge in [0.2, 0.25) is 0 Å². The summed E-state index contributed by atoms with van der Waals surface area (Å²) in [7, 11) is 0. The van der Waals surface area contributed by atoms with Gasteiger partial charge >= 0.3 is 0 Å². The van der Waals surface area contributed by atoms with Gasteiger partial charge in [0, 0.05) is 12.2 Å². The van der Waals surface area contributed by atoms with E-state index >= 15 is 0 Å². The standard InChI is InChI=1S/C18H24N2/c1-2-20(15-17-7-4-3-5-8-17)14-6-9-16-10-12-18(19)13-11-16/h3-5,7-8,10-13H,2,6,9,14-15,19H2,1H3. The van der Waals surface area contributed by atoms with Crippen LogP contribution in [0.4, 0.5) is 5.69 Å². The van der Waals surface area contributed by atoms with Crippen LogP contribution in [0.15, 0.2) is 54.6 Å². The van der Waals surface area contributed by atoms with Gasteiger partial charge < -0.3 is 5.73 Å². The second kappa shape index (κ2) is 7.71. The highest BCUT2D eigenvalue weighted by Gasteiger charge is 2.03. The number of rotatable bonds is 7. The fourth-order valence-electron chi connectivity index (χ4n) is 2.38. The molecule has 0 atom stereocenters. The summed E-state index contributed by atoms with van der Waals surface area (Å²) in [5.74, 6) is 0. The largest absolute Gasteiger partial charge is 0.399 e. The van der Waals surface area contributed by atoms with E-state index in [1.807, 2.05) is 12.1 Å². The zero-order chi connectivity index (χ0) is 14.2. The van der Waals surface area contributed by atoms with Crippen molar-refractivity contribution in [3.05, 3.63) is 65.7 Å². The van der Waals surface area contributed by atoms with Crippen LogP contribution in [0.1, 0.15) is 24.5 Å². The SMILES string of the molecule is CCN(CCCc1ccc(N)cc1)Cc1ccccc1. The van der Waals surface area contributed by atoms with Gasteiger partial charge in [-0.3, -0.25) is 4.90 Å². The lowest BCUT2D eigenvalue weighted by molar-refractivity contribution is 0.276. The molecule has 2 rings (SSSR count). The summed E-state index contributed by atoms with van der Waals surface area (Å²) in [6.07, 6.45) is 2.30. The van der Waals surface area contributed by atoms with E-state index in [1.165, 1.54) is 17.5 Å². The minimum absolute atomic E-state index is 0.841. The molecule has 0 aliphatic carbocycles. The summed E-state index contributed by atoms with van der Waals surface area (Å²) in [6.45, 7) is 5.50. The molecule has 2 aromatic rings. The fourth-order valence-corrected chi connectivity index (χ4v) is 2.38. The van der Waals surface area contributed by atoms with Gasteiger partial charge in [-0.2, -0.15) is 0 Å². The van der Waals surface area contributed by atoms with Crippen LogP contribution in [-0.4, -0.2) is 18.0 Å². The average molecular weight is 268 g/mol. The Morgan fingerprint density at radius 2 is 1.60 bits per heavy atom. The molecule has 0 spiro atoms. The molecule has 0 amide bonds. The van der Waals surface area contributed by atoms with Crippen LogP contribution in [0.5, 0.6) is 0 Å². The number of hydrogen-bond acceptors (Lipinski definition) is 2. The Bertz CT molecular complexity index is 491. The molecule has 0 unspecified atom stereocenters. The van der Waals surface area contributed by atoms with E-state index in [2.05, 4.69) is 54.3 Å². The Morgan fingerprint density at radius 3 is 2.25 bits per heavy atom. The smallest absolute Gasteiger partial charge is 0.0314 e. The Labute approximate surface area is 122 Å². The number of hydrogen-bond donors (Lipinski definition) is 1. The molecule has 20 heavy (non-hydrogen) atoms. The van der Waals surface area contributed by atoms with E-state index in [-0.39, 0.29) is 0 Å². The van der Waals surface area contributed by atoms with Crippen molar-refractivity contribution in [3.8, 4) is 0 Å². The quantitative estimate of drug-likeness (QED) is 0.775. The molecule has 0 aliphatic rings. The highest BCUT2D eigenvalue weighted by atomic mass is 15.1. The minimum atomic E-state index is 0.841. The molecule has 2 aromatic carbocycles. The van der Waals surface area contributed by atoms with Crippen molar-refractivity contribution in [2.75, 3.05) is 18.8 Å². The maximum atomic E-state index is 5.70. The van der Waals surface area contributed by atoms with E-state index in [4.69, 9.17) is 5.73 Å². The average Bonchev–Trinajstić information content (AvgIpc) is 2.49. The van der Waals surface area contributed by atoms with E-state index in [1.54, 1.807) is 0 Å². The van der Waals surface area contributed by atoms with Crippen molar-refractivity contribution < 1.29 is 0 Å². The van der Waals surface area contributed by atoms with Crippen LogP contribution < -0.4 is 5.73 Å². The van der Waals surface area contributed by atoms with E-state index in [0.29, 0.717) is 0 Å². The molecule has 2 nitrogen and oxygen atoms in total. The van der Waals surface area contributed by atoms with Crippen LogP contribution in [0, 0.1) is 0 Å². The molecule has 0 aliphatic heterocycles. The summed E-state index contributed by atoms with van der Waals surface area (Å²) < 4.78 is 0. The third kappa shape index (κ3) is 4.71. The number of benzene rings is 2. The molecule has 0 fully saturated rings. The van der Waals surface area contributed by atoms with Crippen LogP contribution in [0.25, 0.3) is 0 Å². The first-order chi connectivity index (χ1) is 9.78. The predicted molar refractivity (Wildman–Crippen MR) is 86.6 cm³/mol. The first kappa shape index (κ1) is 14.6. The van der Waals surface area contributed by atoms with Gasteiger partial charge in [-0.15, -0.1) is 0 Å². The Kier molecular flexibility index (Phi) is 5.63. The summed E-state index contributed by atoms with van der Waals surface area (Å²) in [5.41, 5.74) is 9.30. The molecule has 0 bridgehead atoms. The van der Waals surface area contributed by atoms with Gasteiger partial charge in [-0.05, 0) is 49.2 Å². The molecular formula is C18H24N2. The van der Waals surface area contributed by atoms with Gasteiger partial charge in [0.15, 0.2) is 0 Å². The van der Waals surface area contributed by atoms with Crippen molar-refractivity contribution in [2.45, 2.75) is 26.3 Å². The Balaban J connectivity index is 1.78. The first-order valence-electron chi connectivity index (χ1n) is 7.38. The lowest BCUT2D eigenvalue weighted by Crippen LogP contribution is -2.24. The molecule has 2 N–H and O–H groups in total. The van der Waals surface area contributed by atoms with Crippen LogP contribution in [-0.2, 0) is 13.0 Å². The zero-order valence-electron chi connectivity index (χ0n) is 12.3. The highest BCUT2D eigenvalue weighted by molar-refractivity contribution is 5.39.